The normalized spacial score (nSPS) is 23.5. The van der Waals surface area contributed by atoms with Crippen molar-refractivity contribution in [3.05, 3.63) is 29.8 Å². The number of phenols is 1. The summed E-state index contributed by atoms with van der Waals surface area (Å²) in [5.74, 6) is 0.353. The summed E-state index contributed by atoms with van der Waals surface area (Å²) in [6.07, 6.45) is 3.74. The second kappa shape index (κ2) is 4.88. The Morgan fingerprint density at radius 1 is 1.38 bits per heavy atom. The van der Waals surface area contributed by atoms with Crippen LogP contribution in [0.2, 0.25) is 0 Å². The smallest absolute Gasteiger partial charge is 0.115 e. The monoisotopic (exact) mass is 219 g/mol. The minimum absolute atomic E-state index is 0.353. The lowest BCUT2D eigenvalue weighted by molar-refractivity contribution is 0.201. The van der Waals surface area contributed by atoms with Gasteiger partial charge in [-0.15, -0.1) is 0 Å². The Morgan fingerprint density at radius 2 is 2.06 bits per heavy atom. The minimum Gasteiger partial charge on any atom is -0.508 e. The van der Waals surface area contributed by atoms with Crippen LogP contribution in [0.5, 0.6) is 5.75 Å². The number of nitrogens with zero attached hydrogens (tertiary/aromatic N) is 1. The van der Waals surface area contributed by atoms with Gasteiger partial charge in [0.15, 0.2) is 0 Å². The number of hydrogen-bond donors (Lipinski definition) is 1. The molecule has 0 aliphatic carbocycles. The molecule has 2 atom stereocenters. The lowest BCUT2D eigenvalue weighted by atomic mass is 10.1. The first kappa shape index (κ1) is 11.5. The van der Waals surface area contributed by atoms with Gasteiger partial charge in [0.2, 0.25) is 0 Å². The Hall–Kier alpha value is -1.02. The molecule has 1 aromatic carbocycles. The Bertz CT molecular complexity index is 333. The molecule has 1 fully saturated rings. The molecule has 0 radical (unpaired) electrons. The highest BCUT2D eigenvalue weighted by atomic mass is 16.3. The lowest BCUT2D eigenvalue weighted by Crippen LogP contribution is -2.36. The van der Waals surface area contributed by atoms with Crippen LogP contribution in [0, 0.1) is 0 Å². The van der Waals surface area contributed by atoms with Gasteiger partial charge < -0.3 is 5.11 Å². The van der Waals surface area contributed by atoms with Crippen LogP contribution in [0.15, 0.2) is 24.3 Å². The van der Waals surface area contributed by atoms with Crippen LogP contribution < -0.4 is 0 Å². The number of benzene rings is 1. The summed E-state index contributed by atoms with van der Waals surface area (Å²) in [4.78, 5) is 2.59. The Labute approximate surface area is 97.9 Å². The van der Waals surface area contributed by atoms with E-state index in [0.29, 0.717) is 11.8 Å². The predicted octanol–water partition coefficient (Wildman–Crippen LogP) is 2.81. The molecule has 0 saturated carbocycles. The van der Waals surface area contributed by atoms with E-state index in [1.165, 1.54) is 24.9 Å². The molecule has 16 heavy (non-hydrogen) atoms. The molecular weight excluding hydrogens is 198 g/mol. The van der Waals surface area contributed by atoms with Crippen molar-refractivity contribution in [1.29, 1.82) is 0 Å². The quantitative estimate of drug-likeness (QED) is 0.845. The molecule has 0 bridgehead atoms. The Balaban J connectivity index is 1.96. The van der Waals surface area contributed by atoms with E-state index in [2.05, 4.69) is 18.7 Å². The first-order valence-electron chi connectivity index (χ1n) is 6.20. The molecule has 0 spiro atoms. The van der Waals surface area contributed by atoms with Gasteiger partial charge in [0.05, 0.1) is 0 Å². The second-order valence-corrected chi connectivity index (χ2v) is 4.95. The highest BCUT2D eigenvalue weighted by Gasteiger charge is 2.24. The Morgan fingerprint density at radius 3 is 2.62 bits per heavy atom. The van der Waals surface area contributed by atoms with Crippen molar-refractivity contribution >= 4 is 0 Å². The maximum absolute atomic E-state index is 9.23. The van der Waals surface area contributed by atoms with Crippen molar-refractivity contribution in [3.63, 3.8) is 0 Å². The number of phenolic OH excluding ortho intramolecular Hbond substituents is 1. The topological polar surface area (TPSA) is 23.5 Å². The van der Waals surface area contributed by atoms with E-state index in [1.807, 2.05) is 12.1 Å². The summed E-state index contributed by atoms with van der Waals surface area (Å²) in [6.45, 7) is 5.86. The van der Waals surface area contributed by atoms with Gasteiger partial charge in [-0.25, -0.2) is 0 Å². The molecular formula is C14H21NO. The average Bonchev–Trinajstić information content (AvgIpc) is 2.68. The first-order chi connectivity index (χ1) is 7.66. The van der Waals surface area contributed by atoms with E-state index in [-0.39, 0.29) is 0 Å². The van der Waals surface area contributed by atoms with Gasteiger partial charge in [0.1, 0.15) is 5.75 Å². The molecule has 1 aliphatic rings. The third-order valence-corrected chi connectivity index (χ3v) is 3.64. The molecule has 0 aromatic heterocycles. The van der Waals surface area contributed by atoms with Crippen LogP contribution in [0.3, 0.4) is 0 Å². The Kier molecular flexibility index (Phi) is 3.49. The van der Waals surface area contributed by atoms with Gasteiger partial charge in [0, 0.05) is 12.1 Å². The highest BCUT2D eigenvalue weighted by Crippen LogP contribution is 2.22. The summed E-state index contributed by atoms with van der Waals surface area (Å²) in [5.41, 5.74) is 1.31. The summed E-state index contributed by atoms with van der Waals surface area (Å²) in [5, 5.41) is 9.23. The first-order valence-corrected chi connectivity index (χ1v) is 6.20. The molecule has 1 aliphatic heterocycles. The van der Waals surface area contributed by atoms with E-state index in [0.717, 1.165) is 12.5 Å². The van der Waals surface area contributed by atoms with Crippen molar-refractivity contribution in [3.8, 4) is 5.75 Å². The second-order valence-electron chi connectivity index (χ2n) is 4.95. The van der Waals surface area contributed by atoms with Gasteiger partial charge in [-0.3, -0.25) is 4.90 Å². The van der Waals surface area contributed by atoms with E-state index in [1.54, 1.807) is 12.1 Å². The average molecular weight is 219 g/mol. The summed E-state index contributed by atoms with van der Waals surface area (Å²) < 4.78 is 0. The summed E-state index contributed by atoms with van der Waals surface area (Å²) in [7, 11) is 0. The van der Waals surface area contributed by atoms with Crippen molar-refractivity contribution in [2.24, 2.45) is 0 Å². The molecule has 2 unspecified atom stereocenters. The highest BCUT2D eigenvalue weighted by molar-refractivity contribution is 5.26. The van der Waals surface area contributed by atoms with E-state index >= 15 is 0 Å². The largest absolute Gasteiger partial charge is 0.508 e. The fourth-order valence-corrected chi connectivity index (χ4v) is 2.70. The van der Waals surface area contributed by atoms with Gasteiger partial charge in [-0.2, -0.15) is 0 Å². The third kappa shape index (κ3) is 2.56. The number of likely N-dealkylation sites (tertiary alicyclic amines) is 1. The van der Waals surface area contributed by atoms with E-state index in [9.17, 15) is 5.11 Å². The number of rotatable bonds is 3. The molecule has 88 valence electrons. The predicted molar refractivity (Wildman–Crippen MR) is 66.7 cm³/mol. The lowest BCUT2D eigenvalue weighted by Gasteiger charge is -2.28. The third-order valence-electron chi connectivity index (χ3n) is 3.64. The molecule has 1 N–H and O–H groups in total. The number of hydrogen-bond acceptors (Lipinski definition) is 2. The van der Waals surface area contributed by atoms with Crippen LogP contribution in [0.1, 0.15) is 32.3 Å². The molecule has 1 saturated heterocycles. The molecule has 1 heterocycles. The molecule has 2 heteroatoms. The molecule has 2 nitrogen and oxygen atoms in total. The van der Waals surface area contributed by atoms with Crippen LogP contribution >= 0.6 is 0 Å². The zero-order valence-electron chi connectivity index (χ0n) is 10.2. The van der Waals surface area contributed by atoms with Gasteiger partial charge >= 0.3 is 0 Å². The standard InChI is InChI=1S/C14H21NO/c1-11-4-3-9-15(11)12(2)10-13-5-7-14(16)8-6-13/h5-8,11-12,16H,3-4,9-10H2,1-2H3. The van der Waals surface area contributed by atoms with Crippen molar-refractivity contribution < 1.29 is 5.11 Å². The van der Waals surface area contributed by atoms with Crippen molar-refractivity contribution in [1.82, 2.24) is 4.90 Å². The zero-order valence-corrected chi connectivity index (χ0v) is 10.2. The van der Waals surface area contributed by atoms with Crippen LogP contribution in [0.25, 0.3) is 0 Å². The van der Waals surface area contributed by atoms with Crippen LogP contribution in [-0.2, 0) is 6.42 Å². The van der Waals surface area contributed by atoms with E-state index in [4.69, 9.17) is 0 Å². The van der Waals surface area contributed by atoms with E-state index < -0.39 is 0 Å². The maximum Gasteiger partial charge on any atom is 0.115 e. The fourth-order valence-electron chi connectivity index (χ4n) is 2.70. The summed E-state index contributed by atoms with van der Waals surface area (Å²) in [6, 6.07) is 8.92. The van der Waals surface area contributed by atoms with Gasteiger partial charge in [0.25, 0.3) is 0 Å². The molecule has 0 amide bonds. The zero-order chi connectivity index (χ0) is 11.5. The molecule has 1 aromatic rings. The minimum atomic E-state index is 0.353. The maximum atomic E-state index is 9.23. The number of aromatic hydroxyl groups is 1. The van der Waals surface area contributed by atoms with Crippen LogP contribution in [-0.4, -0.2) is 28.6 Å². The molecule has 2 rings (SSSR count). The van der Waals surface area contributed by atoms with Crippen LogP contribution in [0.4, 0.5) is 0 Å². The SMILES string of the molecule is CC1CCCN1C(C)Cc1ccc(O)cc1. The van der Waals surface area contributed by atoms with Crippen molar-refractivity contribution in [2.75, 3.05) is 6.54 Å². The van der Waals surface area contributed by atoms with Gasteiger partial charge in [-0.05, 0) is 57.4 Å². The van der Waals surface area contributed by atoms with Crippen molar-refractivity contribution in [2.45, 2.75) is 45.2 Å². The van der Waals surface area contributed by atoms with Gasteiger partial charge in [-0.1, -0.05) is 12.1 Å². The summed E-state index contributed by atoms with van der Waals surface area (Å²) >= 11 is 0. The fraction of sp³-hybridized carbons (Fsp3) is 0.571.